The number of hydrogen-bond acceptors (Lipinski definition) is 15. The highest BCUT2D eigenvalue weighted by Gasteiger charge is 2.35. The first-order chi connectivity index (χ1) is 27.0. The van der Waals surface area contributed by atoms with Crippen LogP contribution in [0, 0.1) is 0 Å². The van der Waals surface area contributed by atoms with E-state index in [4.69, 9.17) is 40.1 Å². The normalized spacial score (nSPS) is 14.8. The number of primary amides is 2. The number of nitrogens with one attached hydrogen (secondary N) is 6. The smallest absolute Gasteiger partial charge is 0.326 e. The SMILES string of the molecule is C[C@@H](O)[C@H](NC(=O)[C@H](CCCN=C(N)N)NC(=O)[C@H](CO)NC(=O)[C@@H](N)CCCN=C(N)N)C(=O)N[C@@H](CC(N)=O)C(=O)N[C@@H](CO)C(=O)N[C@@H](CC(N)=O)C(=O)O. The molecule has 0 saturated heterocycles. The molecule has 28 heteroatoms. The first-order valence-corrected chi connectivity index (χ1v) is 17.4. The molecule has 0 aromatic carbocycles. The first-order valence-electron chi connectivity index (χ1n) is 17.4. The van der Waals surface area contributed by atoms with Crippen molar-refractivity contribution < 1.29 is 63.6 Å². The number of carbonyl (C=O) groups is 9. The van der Waals surface area contributed by atoms with Crippen molar-refractivity contribution in [1.82, 2.24) is 31.9 Å². The van der Waals surface area contributed by atoms with Gasteiger partial charge in [-0.25, -0.2) is 4.79 Å². The standard InChI is InChI=1S/C30H55N15O13/c1-12(48)21(27(56)41-15(8-19(32)49)24(53)44-18(11-47)26(55)42-16(28(57)58)9-20(33)50)45-23(52)14(5-3-7-39-30(36)37)40-25(54)17(10-46)43-22(51)13(31)4-2-6-38-29(34)35/h12-18,21,46-48H,2-11,31H2,1H3,(H2,32,49)(H2,33,50)(H,40,54)(H,41,56)(H,42,55)(H,43,51)(H,44,53)(H,45,52)(H,57,58)(H4,34,35,38)(H4,36,37,39)/t12-,13+,14+,15+,16+,17+,18+,21+/m1/s1. The Kier molecular flexibility index (Phi) is 23.5. The molecule has 0 unspecified atom stereocenters. The molecule has 0 heterocycles. The van der Waals surface area contributed by atoms with Crippen molar-refractivity contribution >= 4 is 65.1 Å². The van der Waals surface area contributed by atoms with E-state index in [-0.39, 0.29) is 44.3 Å². The molecule has 8 amide bonds. The molecular formula is C30H55N15O13. The number of guanidine groups is 2. The summed E-state index contributed by atoms with van der Waals surface area (Å²) in [5, 5.41) is 52.0. The molecule has 58 heavy (non-hydrogen) atoms. The molecule has 0 rings (SSSR count). The van der Waals surface area contributed by atoms with Gasteiger partial charge in [0.15, 0.2) is 11.9 Å². The predicted octanol–water partition coefficient (Wildman–Crippen LogP) is -10.5. The third-order valence-electron chi connectivity index (χ3n) is 7.63. The van der Waals surface area contributed by atoms with Crippen LogP contribution < -0.4 is 72.0 Å². The number of aliphatic hydroxyl groups is 3. The van der Waals surface area contributed by atoms with Gasteiger partial charge in [0.05, 0.1) is 38.2 Å². The number of aliphatic imine (C=N–C) groups is 2. The lowest BCUT2D eigenvalue weighted by Crippen LogP contribution is -2.62. The van der Waals surface area contributed by atoms with E-state index in [0.29, 0.717) is 6.42 Å². The van der Waals surface area contributed by atoms with Gasteiger partial charge in [-0.3, -0.25) is 48.3 Å². The number of aliphatic hydroxyl groups excluding tert-OH is 3. The summed E-state index contributed by atoms with van der Waals surface area (Å²) >= 11 is 0. The number of nitrogens with two attached hydrogens (primary N) is 7. The van der Waals surface area contributed by atoms with Crippen LogP contribution in [0.3, 0.4) is 0 Å². The Balaban J connectivity index is 6.13. The van der Waals surface area contributed by atoms with Gasteiger partial charge >= 0.3 is 5.97 Å². The van der Waals surface area contributed by atoms with Crippen molar-refractivity contribution in [2.24, 2.45) is 50.1 Å². The van der Waals surface area contributed by atoms with E-state index < -0.39 is 128 Å². The predicted molar refractivity (Wildman–Crippen MR) is 200 cm³/mol. The van der Waals surface area contributed by atoms with Gasteiger partial charge in [0.1, 0.15) is 36.3 Å². The summed E-state index contributed by atoms with van der Waals surface area (Å²) < 4.78 is 0. The number of amides is 8. The molecule has 0 aromatic rings. The maximum Gasteiger partial charge on any atom is 0.326 e. The van der Waals surface area contributed by atoms with Crippen LogP contribution in [-0.2, 0) is 43.2 Å². The molecule has 328 valence electrons. The topological polar surface area (TPSA) is 514 Å². The zero-order valence-corrected chi connectivity index (χ0v) is 31.6. The Labute approximate surface area is 330 Å². The van der Waals surface area contributed by atoms with Crippen molar-refractivity contribution in [2.45, 2.75) is 93.8 Å². The fraction of sp³-hybridized carbons (Fsp3) is 0.633. The maximum atomic E-state index is 13.5. The Morgan fingerprint density at radius 1 is 0.534 bits per heavy atom. The summed E-state index contributed by atoms with van der Waals surface area (Å²) in [7, 11) is 0. The summed E-state index contributed by atoms with van der Waals surface area (Å²) in [6, 6.07) is -11.9. The van der Waals surface area contributed by atoms with Crippen LogP contribution in [0.2, 0.25) is 0 Å². The van der Waals surface area contributed by atoms with Crippen LogP contribution in [0.25, 0.3) is 0 Å². The molecule has 8 atom stereocenters. The van der Waals surface area contributed by atoms with Crippen molar-refractivity contribution in [3.05, 3.63) is 0 Å². The Hall–Kier alpha value is -6.39. The second-order valence-corrected chi connectivity index (χ2v) is 12.6. The quantitative estimate of drug-likeness (QED) is 0.0198. The fourth-order valence-corrected chi connectivity index (χ4v) is 4.64. The Bertz CT molecular complexity index is 1520. The number of hydrogen-bond donors (Lipinski definition) is 17. The van der Waals surface area contributed by atoms with Crippen molar-refractivity contribution in [3.8, 4) is 0 Å². The van der Waals surface area contributed by atoms with Crippen molar-refractivity contribution in [1.29, 1.82) is 0 Å². The van der Waals surface area contributed by atoms with Gasteiger partial charge in [0, 0.05) is 13.1 Å². The summed E-state index contributed by atoms with van der Waals surface area (Å²) in [5.41, 5.74) is 37.2. The molecule has 0 aliphatic rings. The minimum absolute atomic E-state index is 0.0365. The van der Waals surface area contributed by atoms with Crippen LogP contribution in [0.5, 0.6) is 0 Å². The van der Waals surface area contributed by atoms with Gasteiger partial charge < -0.3 is 92.5 Å². The molecule has 0 aliphatic carbocycles. The monoisotopic (exact) mass is 833 g/mol. The highest BCUT2D eigenvalue weighted by molar-refractivity contribution is 5.98. The number of carboxylic acids is 1. The molecule has 0 spiro atoms. The third-order valence-corrected chi connectivity index (χ3v) is 7.63. The highest BCUT2D eigenvalue weighted by atomic mass is 16.4. The van der Waals surface area contributed by atoms with E-state index in [2.05, 4.69) is 31.3 Å². The average molecular weight is 834 g/mol. The molecule has 0 saturated carbocycles. The van der Waals surface area contributed by atoms with Gasteiger partial charge in [-0.1, -0.05) is 0 Å². The largest absolute Gasteiger partial charge is 0.480 e. The molecular weight excluding hydrogens is 778 g/mol. The zero-order valence-electron chi connectivity index (χ0n) is 31.6. The van der Waals surface area contributed by atoms with Gasteiger partial charge in [-0.15, -0.1) is 0 Å². The summed E-state index contributed by atoms with van der Waals surface area (Å²) in [5.74, 6) is -11.4. The lowest BCUT2D eigenvalue weighted by atomic mass is 10.1. The van der Waals surface area contributed by atoms with Crippen molar-refractivity contribution in [3.63, 3.8) is 0 Å². The minimum atomic E-state index is -1.92. The third kappa shape index (κ3) is 20.5. The van der Waals surface area contributed by atoms with E-state index in [9.17, 15) is 63.6 Å². The van der Waals surface area contributed by atoms with E-state index >= 15 is 0 Å². The van der Waals surface area contributed by atoms with E-state index in [1.807, 2.05) is 10.6 Å². The molecule has 0 aromatic heterocycles. The molecule has 0 radical (unpaired) electrons. The van der Waals surface area contributed by atoms with E-state index in [1.165, 1.54) is 0 Å². The number of aliphatic carboxylic acids is 1. The molecule has 0 fully saturated rings. The Morgan fingerprint density at radius 2 is 0.914 bits per heavy atom. The van der Waals surface area contributed by atoms with Gasteiger partial charge in [-0.05, 0) is 32.6 Å². The molecule has 24 N–H and O–H groups in total. The van der Waals surface area contributed by atoms with Gasteiger partial charge in [0.2, 0.25) is 47.3 Å². The molecule has 0 aliphatic heterocycles. The second-order valence-electron chi connectivity index (χ2n) is 12.6. The first kappa shape index (κ1) is 51.6. The summed E-state index contributed by atoms with van der Waals surface area (Å²) in [6.07, 6.45) is -3.32. The highest BCUT2D eigenvalue weighted by Crippen LogP contribution is 2.05. The summed E-state index contributed by atoms with van der Waals surface area (Å²) in [4.78, 5) is 120. The molecule has 28 nitrogen and oxygen atoms in total. The molecule has 0 bridgehead atoms. The second kappa shape index (κ2) is 26.5. The fourth-order valence-electron chi connectivity index (χ4n) is 4.64. The number of nitrogens with zero attached hydrogens (tertiary/aromatic N) is 2. The summed E-state index contributed by atoms with van der Waals surface area (Å²) in [6.45, 7) is -0.927. The number of carbonyl (C=O) groups excluding carboxylic acids is 8. The zero-order chi connectivity index (χ0) is 44.7. The van der Waals surface area contributed by atoms with E-state index in [1.54, 1.807) is 0 Å². The van der Waals surface area contributed by atoms with Crippen LogP contribution in [-0.4, -0.2) is 160 Å². The van der Waals surface area contributed by atoms with E-state index in [0.717, 1.165) is 6.92 Å². The number of rotatable bonds is 28. The van der Waals surface area contributed by atoms with Crippen LogP contribution in [0.15, 0.2) is 9.98 Å². The minimum Gasteiger partial charge on any atom is -0.480 e. The van der Waals surface area contributed by atoms with Crippen LogP contribution >= 0.6 is 0 Å². The average Bonchev–Trinajstić information content (AvgIpc) is 3.12. The van der Waals surface area contributed by atoms with Crippen molar-refractivity contribution in [2.75, 3.05) is 26.3 Å². The van der Waals surface area contributed by atoms with Gasteiger partial charge in [-0.2, -0.15) is 0 Å². The number of carboxylic acid groups (broad SMARTS) is 1. The van der Waals surface area contributed by atoms with Gasteiger partial charge in [0.25, 0.3) is 0 Å². The maximum absolute atomic E-state index is 13.5. The van der Waals surface area contributed by atoms with Crippen LogP contribution in [0.1, 0.15) is 45.4 Å². The lowest BCUT2D eigenvalue weighted by Gasteiger charge is -2.28. The Morgan fingerprint density at radius 3 is 1.34 bits per heavy atom. The van der Waals surface area contributed by atoms with Crippen LogP contribution in [0.4, 0.5) is 0 Å². The lowest BCUT2D eigenvalue weighted by molar-refractivity contribution is -0.144.